The Labute approximate surface area is 162 Å². The molecule has 0 fully saturated rings. The van der Waals surface area contributed by atoms with Gasteiger partial charge in [0.2, 0.25) is 0 Å². The van der Waals surface area contributed by atoms with Crippen LogP contribution < -0.4 is 4.18 Å². The smallest absolute Gasteiger partial charge is 0.371 e. The number of aryl methyl sites for hydroxylation is 1. The third-order valence-electron chi connectivity index (χ3n) is 4.91. The molecule has 0 saturated heterocycles. The molecule has 5 heteroatoms. The monoisotopic (exact) mass is 385 g/mol. The van der Waals surface area contributed by atoms with Gasteiger partial charge in [0.15, 0.2) is 0 Å². The van der Waals surface area contributed by atoms with Gasteiger partial charge in [-0.25, -0.2) is 0 Å². The van der Waals surface area contributed by atoms with Crippen molar-refractivity contribution in [3.05, 3.63) is 76.9 Å². The molecule has 27 heavy (non-hydrogen) atoms. The molecule has 0 radical (unpaired) electrons. The molecule has 144 valence electrons. The number of hydrogen-bond donors (Lipinski definition) is 0. The molecule has 0 amide bonds. The standard InChI is InChI=1S/C22H27NO3S/c1-23(2)27(24,25)26-22-15-14-20-16-19(12-13-21(20)17-22)11-7-6-10-18-8-4-3-5-9-18/h3-5,8-9,12,14-15,17H,6-7,10-11,13,16H2,1-2H3. The van der Waals surface area contributed by atoms with Crippen molar-refractivity contribution < 1.29 is 12.6 Å². The van der Waals surface area contributed by atoms with Crippen LogP contribution in [0.4, 0.5) is 0 Å². The first-order valence-electron chi connectivity index (χ1n) is 9.39. The van der Waals surface area contributed by atoms with E-state index in [1.807, 2.05) is 12.1 Å². The first-order valence-corrected chi connectivity index (χ1v) is 10.8. The van der Waals surface area contributed by atoms with Gasteiger partial charge in [-0.3, -0.25) is 0 Å². The second-order valence-electron chi connectivity index (χ2n) is 7.19. The van der Waals surface area contributed by atoms with Gasteiger partial charge < -0.3 is 4.18 Å². The molecule has 0 aromatic heterocycles. The fourth-order valence-corrected chi connectivity index (χ4v) is 3.80. The van der Waals surface area contributed by atoms with Gasteiger partial charge in [0.05, 0.1) is 0 Å². The van der Waals surface area contributed by atoms with Gasteiger partial charge in [-0.2, -0.15) is 12.7 Å². The second kappa shape index (κ2) is 8.72. The maximum Gasteiger partial charge on any atom is 0.384 e. The molecule has 0 spiro atoms. The minimum Gasteiger partial charge on any atom is -0.371 e. The molecular weight excluding hydrogens is 358 g/mol. The van der Waals surface area contributed by atoms with Crippen LogP contribution in [0.1, 0.15) is 36.0 Å². The van der Waals surface area contributed by atoms with E-state index in [1.54, 1.807) is 6.07 Å². The molecule has 0 atom stereocenters. The largest absolute Gasteiger partial charge is 0.384 e. The summed E-state index contributed by atoms with van der Waals surface area (Å²) in [6, 6.07) is 16.2. The van der Waals surface area contributed by atoms with Crippen molar-refractivity contribution in [2.45, 2.75) is 38.5 Å². The summed E-state index contributed by atoms with van der Waals surface area (Å²) in [5.41, 5.74) is 5.30. The molecule has 0 aliphatic heterocycles. The first kappa shape index (κ1) is 19.6. The summed E-state index contributed by atoms with van der Waals surface area (Å²) >= 11 is 0. The van der Waals surface area contributed by atoms with Crippen LogP contribution in [0.2, 0.25) is 0 Å². The Bertz CT molecular complexity index is 902. The van der Waals surface area contributed by atoms with Crippen molar-refractivity contribution in [1.29, 1.82) is 0 Å². The number of nitrogens with zero attached hydrogens (tertiary/aromatic N) is 1. The van der Waals surface area contributed by atoms with Crippen LogP contribution in [0.3, 0.4) is 0 Å². The fourth-order valence-electron chi connectivity index (χ4n) is 3.30. The predicted molar refractivity (Wildman–Crippen MR) is 109 cm³/mol. The quantitative estimate of drug-likeness (QED) is 0.502. The highest BCUT2D eigenvalue weighted by Crippen LogP contribution is 2.28. The van der Waals surface area contributed by atoms with E-state index in [1.165, 1.54) is 43.6 Å². The van der Waals surface area contributed by atoms with Crippen LogP contribution in [-0.4, -0.2) is 26.8 Å². The minimum absolute atomic E-state index is 0.377. The summed E-state index contributed by atoms with van der Waals surface area (Å²) < 4.78 is 29.9. The maximum absolute atomic E-state index is 11.9. The van der Waals surface area contributed by atoms with Crippen molar-refractivity contribution in [1.82, 2.24) is 4.31 Å². The van der Waals surface area contributed by atoms with Crippen LogP contribution in [0.25, 0.3) is 0 Å². The molecule has 1 aliphatic carbocycles. The fraction of sp³-hybridized carbons (Fsp3) is 0.364. The lowest BCUT2D eigenvalue weighted by Gasteiger charge is -2.19. The van der Waals surface area contributed by atoms with E-state index in [4.69, 9.17) is 4.18 Å². The van der Waals surface area contributed by atoms with Gasteiger partial charge in [-0.05, 0) is 67.3 Å². The molecule has 0 heterocycles. The highest BCUT2D eigenvalue weighted by Gasteiger charge is 2.18. The Hall–Kier alpha value is -2.11. The van der Waals surface area contributed by atoms with Crippen LogP contribution in [0, 0.1) is 0 Å². The number of hydrogen-bond acceptors (Lipinski definition) is 3. The lowest BCUT2D eigenvalue weighted by molar-refractivity contribution is 0.421. The Balaban J connectivity index is 1.52. The minimum atomic E-state index is -3.71. The molecule has 0 N–H and O–H groups in total. The molecule has 0 saturated carbocycles. The van der Waals surface area contributed by atoms with Crippen LogP contribution in [0.15, 0.2) is 60.2 Å². The molecule has 4 nitrogen and oxygen atoms in total. The SMILES string of the molecule is CN(C)S(=O)(=O)Oc1ccc2c(c1)CC=C(CCCCc1ccccc1)C2. The van der Waals surface area contributed by atoms with Crippen LogP contribution in [0.5, 0.6) is 5.75 Å². The average Bonchev–Trinajstić information content (AvgIpc) is 2.65. The number of benzene rings is 2. The topological polar surface area (TPSA) is 46.6 Å². The van der Waals surface area contributed by atoms with Crippen molar-refractivity contribution in [2.75, 3.05) is 14.1 Å². The maximum atomic E-state index is 11.9. The van der Waals surface area contributed by atoms with E-state index in [-0.39, 0.29) is 0 Å². The van der Waals surface area contributed by atoms with E-state index < -0.39 is 10.3 Å². The summed E-state index contributed by atoms with van der Waals surface area (Å²) in [5.74, 6) is 0.377. The van der Waals surface area contributed by atoms with Crippen molar-refractivity contribution >= 4 is 10.3 Å². The normalized spacial score (nSPS) is 14.0. The average molecular weight is 386 g/mol. The van der Waals surface area contributed by atoms with E-state index in [9.17, 15) is 8.42 Å². The number of fused-ring (bicyclic) bond motifs is 1. The molecule has 2 aromatic carbocycles. The van der Waals surface area contributed by atoms with E-state index in [2.05, 4.69) is 36.4 Å². The van der Waals surface area contributed by atoms with E-state index >= 15 is 0 Å². The third-order valence-corrected chi connectivity index (χ3v) is 6.21. The van der Waals surface area contributed by atoms with Gasteiger partial charge >= 0.3 is 10.3 Å². The molecule has 0 unspecified atom stereocenters. The van der Waals surface area contributed by atoms with Crippen LogP contribution in [-0.2, 0) is 29.6 Å². The van der Waals surface area contributed by atoms with Crippen LogP contribution >= 0.6 is 0 Å². The van der Waals surface area contributed by atoms with Gasteiger partial charge in [0, 0.05) is 14.1 Å². The highest BCUT2D eigenvalue weighted by molar-refractivity contribution is 7.84. The van der Waals surface area contributed by atoms with Crippen molar-refractivity contribution in [3.63, 3.8) is 0 Å². The lowest BCUT2D eigenvalue weighted by atomic mass is 9.89. The van der Waals surface area contributed by atoms with E-state index in [0.717, 1.165) is 35.6 Å². The van der Waals surface area contributed by atoms with Gasteiger partial charge in [-0.1, -0.05) is 48.0 Å². The predicted octanol–water partition coefficient (Wildman–Crippen LogP) is 4.31. The molecule has 1 aliphatic rings. The zero-order valence-electron chi connectivity index (χ0n) is 16.0. The molecule has 3 rings (SSSR count). The zero-order valence-corrected chi connectivity index (χ0v) is 16.8. The van der Waals surface area contributed by atoms with E-state index in [0.29, 0.717) is 5.75 Å². The summed E-state index contributed by atoms with van der Waals surface area (Å²) in [7, 11) is -0.791. The van der Waals surface area contributed by atoms with Crippen molar-refractivity contribution in [2.24, 2.45) is 0 Å². The Morgan fingerprint density at radius 3 is 2.44 bits per heavy atom. The number of rotatable bonds is 8. The summed E-state index contributed by atoms with van der Waals surface area (Å²) in [6.07, 6.45) is 8.71. The highest BCUT2D eigenvalue weighted by atomic mass is 32.2. The first-order chi connectivity index (χ1) is 12.9. The van der Waals surface area contributed by atoms with Gasteiger partial charge in [0.25, 0.3) is 0 Å². The molecule has 2 aromatic rings. The summed E-state index contributed by atoms with van der Waals surface area (Å²) in [5, 5.41) is 0. The number of unbranched alkanes of at least 4 members (excludes halogenated alkanes) is 1. The Kier molecular flexibility index (Phi) is 6.34. The summed E-state index contributed by atoms with van der Waals surface area (Å²) in [4.78, 5) is 0. The van der Waals surface area contributed by atoms with Crippen molar-refractivity contribution in [3.8, 4) is 5.75 Å². The lowest BCUT2D eigenvalue weighted by Crippen LogP contribution is -2.27. The second-order valence-corrected chi connectivity index (χ2v) is 8.94. The zero-order chi connectivity index (χ0) is 19.3. The van der Waals surface area contributed by atoms with Gasteiger partial charge in [0.1, 0.15) is 5.75 Å². The molecule has 0 bridgehead atoms. The van der Waals surface area contributed by atoms with Gasteiger partial charge in [-0.15, -0.1) is 0 Å². The summed E-state index contributed by atoms with van der Waals surface area (Å²) in [6.45, 7) is 0. The number of allylic oxidation sites excluding steroid dienone is 2. The Morgan fingerprint density at radius 1 is 0.963 bits per heavy atom. The Morgan fingerprint density at radius 2 is 1.70 bits per heavy atom. The molecular formula is C22H27NO3S. The third kappa shape index (κ3) is 5.44.